The van der Waals surface area contributed by atoms with Crippen molar-refractivity contribution in [1.82, 2.24) is 0 Å². The quantitative estimate of drug-likeness (QED) is 0.829. The van der Waals surface area contributed by atoms with Gasteiger partial charge >= 0.3 is 0 Å². The maximum absolute atomic E-state index is 11.1. The molecule has 0 heterocycles. The van der Waals surface area contributed by atoms with Crippen LogP contribution in [0.25, 0.3) is 0 Å². The van der Waals surface area contributed by atoms with E-state index in [4.69, 9.17) is 0 Å². The molecule has 1 aromatic carbocycles. The Labute approximate surface area is 109 Å². The summed E-state index contributed by atoms with van der Waals surface area (Å²) in [7, 11) is -3.29. The lowest BCUT2D eigenvalue weighted by atomic mass is 10.2. The van der Waals surface area contributed by atoms with E-state index < -0.39 is 10.0 Å². The second-order valence-electron chi connectivity index (χ2n) is 3.59. The number of rotatable bonds is 4. The van der Waals surface area contributed by atoms with Crippen molar-refractivity contribution in [3.63, 3.8) is 0 Å². The summed E-state index contributed by atoms with van der Waals surface area (Å²) in [6.45, 7) is 1.76. The Morgan fingerprint density at radius 2 is 2.06 bits per heavy atom. The number of carbonyl (C=O) groups excluding carboxylic acids is 1. The summed E-state index contributed by atoms with van der Waals surface area (Å²) in [4.78, 5) is 11.1. The lowest BCUT2D eigenvalue weighted by Gasteiger charge is -2.10. The number of benzene rings is 1. The Balaban J connectivity index is 2.90. The maximum Gasteiger partial charge on any atom is 0.235 e. The molecule has 0 aliphatic rings. The Hall–Kier alpha value is -1.08. The molecule has 1 aromatic rings. The van der Waals surface area contributed by atoms with Gasteiger partial charge in [-0.1, -0.05) is 15.9 Å². The second-order valence-corrected chi connectivity index (χ2v) is 5.89. The van der Waals surface area contributed by atoms with Crippen molar-refractivity contribution in [3.8, 4) is 0 Å². The van der Waals surface area contributed by atoms with Gasteiger partial charge in [0.05, 0.1) is 17.3 Å². The van der Waals surface area contributed by atoms with Crippen LogP contribution in [0.3, 0.4) is 0 Å². The van der Waals surface area contributed by atoms with Gasteiger partial charge in [0.15, 0.2) is 0 Å². The monoisotopic (exact) mass is 320 g/mol. The highest BCUT2D eigenvalue weighted by atomic mass is 79.9. The number of carbonyl (C=O) groups is 1. The fraction of sp³-hybridized carbons (Fsp3) is 0.300. The van der Waals surface area contributed by atoms with Crippen LogP contribution >= 0.6 is 15.9 Å². The fourth-order valence-corrected chi connectivity index (χ4v) is 2.02. The highest BCUT2D eigenvalue weighted by Gasteiger charge is 2.06. The molecular formula is C10H13BrN2O3S. The minimum absolute atomic E-state index is 0.159. The van der Waals surface area contributed by atoms with Gasteiger partial charge in [-0.25, -0.2) is 8.42 Å². The van der Waals surface area contributed by atoms with Gasteiger partial charge in [-0.05, 0) is 30.7 Å². The average molecular weight is 321 g/mol. The molecule has 0 aromatic heterocycles. The van der Waals surface area contributed by atoms with Crippen molar-refractivity contribution >= 4 is 43.2 Å². The third kappa shape index (κ3) is 4.74. The van der Waals surface area contributed by atoms with Gasteiger partial charge in [-0.3, -0.25) is 9.52 Å². The molecule has 0 aliphatic carbocycles. The zero-order chi connectivity index (χ0) is 13.1. The largest absolute Gasteiger partial charge is 0.325 e. The number of hydrogen-bond donors (Lipinski definition) is 2. The van der Waals surface area contributed by atoms with E-state index in [0.29, 0.717) is 11.4 Å². The molecule has 2 N–H and O–H groups in total. The summed E-state index contributed by atoms with van der Waals surface area (Å²) < 4.78 is 24.5. The van der Waals surface area contributed by atoms with Gasteiger partial charge in [-0.2, -0.15) is 0 Å². The van der Waals surface area contributed by atoms with Crippen LogP contribution in [0.4, 0.5) is 11.4 Å². The number of hydrogen-bond acceptors (Lipinski definition) is 3. The van der Waals surface area contributed by atoms with Crippen LogP contribution < -0.4 is 10.0 Å². The molecule has 5 nitrogen and oxygen atoms in total. The summed E-state index contributed by atoms with van der Waals surface area (Å²) in [6.07, 6.45) is 1.09. The maximum atomic E-state index is 11.1. The number of alkyl halides is 1. The third-order valence-electron chi connectivity index (χ3n) is 1.93. The van der Waals surface area contributed by atoms with E-state index >= 15 is 0 Å². The molecule has 1 rings (SSSR count). The first-order valence-corrected chi connectivity index (χ1v) is 7.77. The van der Waals surface area contributed by atoms with E-state index in [1.54, 1.807) is 25.1 Å². The Morgan fingerprint density at radius 3 is 2.53 bits per heavy atom. The summed E-state index contributed by atoms with van der Waals surface area (Å²) >= 11 is 3.04. The lowest BCUT2D eigenvalue weighted by Crippen LogP contribution is -2.13. The molecule has 7 heteroatoms. The van der Waals surface area contributed by atoms with E-state index in [9.17, 15) is 13.2 Å². The Kier molecular flexibility index (Phi) is 4.53. The van der Waals surface area contributed by atoms with Crippen molar-refractivity contribution in [2.75, 3.05) is 21.6 Å². The first kappa shape index (κ1) is 14.0. The van der Waals surface area contributed by atoms with Gasteiger partial charge < -0.3 is 5.32 Å². The van der Waals surface area contributed by atoms with Crippen LogP contribution in [0.5, 0.6) is 0 Å². The number of aryl methyl sites for hydroxylation is 1. The molecule has 0 radical (unpaired) electrons. The number of sulfonamides is 1. The number of nitrogens with one attached hydrogen (secondary N) is 2. The van der Waals surface area contributed by atoms with Crippen molar-refractivity contribution < 1.29 is 13.2 Å². The molecule has 1 amide bonds. The van der Waals surface area contributed by atoms with Crippen LogP contribution in [0.2, 0.25) is 0 Å². The van der Waals surface area contributed by atoms with Gasteiger partial charge in [-0.15, -0.1) is 0 Å². The highest BCUT2D eigenvalue weighted by Crippen LogP contribution is 2.20. The van der Waals surface area contributed by atoms with Crippen LogP contribution in [0, 0.1) is 6.92 Å². The van der Waals surface area contributed by atoms with E-state index in [0.717, 1.165) is 11.8 Å². The smallest absolute Gasteiger partial charge is 0.235 e. The van der Waals surface area contributed by atoms with Crippen LogP contribution in [0.15, 0.2) is 18.2 Å². The molecule has 0 spiro atoms. The minimum Gasteiger partial charge on any atom is -0.325 e. The normalized spacial score (nSPS) is 11.0. The standard InChI is InChI=1S/C10H13BrN2O3S/c1-7-5-8(12-10(14)6-11)3-4-9(7)13-17(2,15)16/h3-5,13H,6H2,1-2H3,(H,12,14). The minimum atomic E-state index is -3.29. The van der Waals surface area contributed by atoms with E-state index in [-0.39, 0.29) is 11.2 Å². The average Bonchev–Trinajstić information content (AvgIpc) is 2.20. The number of halogens is 1. The van der Waals surface area contributed by atoms with E-state index in [2.05, 4.69) is 26.0 Å². The van der Waals surface area contributed by atoms with Gasteiger partial charge in [0.2, 0.25) is 15.9 Å². The van der Waals surface area contributed by atoms with Crippen molar-refractivity contribution in [3.05, 3.63) is 23.8 Å². The van der Waals surface area contributed by atoms with Crippen LogP contribution in [-0.2, 0) is 14.8 Å². The lowest BCUT2D eigenvalue weighted by molar-refractivity contribution is -0.113. The van der Waals surface area contributed by atoms with E-state index in [1.165, 1.54) is 0 Å². The Bertz CT molecular complexity index is 528. The Morgan fingerprint density at radius 1 is 1.41 bits per heavy atom. The topological polar surface area (TPSA) is 75.3 Å². The van der Waals surface area contributed by atoms with E-state index in [1.807, 2.05) is 0 Å². The number of anilines is 2. The zero-order valence-electron chi connectivity index (χ0n) is 9.45. The predicted octanol–water partition coefficient (Wildman–Crippen LogP) is 1.70. The summed E-state index contributed by atoms with van der Waals surface area (Å²) in [5.41, 5.74) is 1.87. The first-order valence-electron chi connectivity index (χ1n) is 4.76. The van der Waals surface area contributed by atoms with Gasteiger partial charge in [0.25, 0.3) is 0 Å². The molecule has 0 saturated heterocycles. The van der Waals surface area contributed by atoms with Crippen LogP contribution in [0.1, 0.15) is 5.56 Å². The second kappa shape index (κ2) is 5.50. The van der Waals surface area contributed by atoms with Gasteiger partial charge in [0, 0.05) is 5.69 Å². The molecule has 0 atom stereocenters. The van der Waals surface area contributed by atoms with Crippen molar-refractivity contribution in [1.29, 1.82) is 0 Å². The van der Waals surface area contributed by atoms with Crippen molar-refractivity contribution in [2.45, 2.75) is 6.92 Å². The summed E-state index contributed by atoms with van der Waals surface area (Å²) in [5.74, 6) is -0.159. The molecule has 0 fully saturated rings. The summed E-state index contributed by atoms with van der Waals surface area (Å²) in [5, 5.41) is 2.88. The van der Waals surface area contributed by atoms with Crippen LogP contribution in [-0.4, -0.2) is 25.9 Å². The molecule has 0 bridgehead atoms. The first-order chi connectivity index (χ1) is 7.81. The molecule has 94 valence electrons. The van der Waals surface area contributed by atoms with Crippen molar-refractivity contribution in [2.24, 2.45) is 0 Å². The molecular weight excluding hydrogens is 308 g/mol. The fourth-order valence-electron chi connectivity index (χ4n) is 1.25. The molecule has 0 unspecified atom stereocenters. The summed E-state index contributed by atoms with van der Waals surface area (Å²) in [6, 6.07) is 4.95. The number of amides is 1. The third-order valence-corrected chi connectivity index (χ3v) is 3.03. The zero-order valence-corrected chi connectivity index (χ0v) is 11.9. The molecule has 0 aliphatic heterocycles. The van der Waals surface area contributed by atoms with Gasteiger partial charge in [0.1, 0.15) is 0 Å². The SMILES string of the molecule is Cc1cc(NC(=O)CBr)ccc1NS(C)(=O)=O. The molecule has 17 heavy (non-hydrogen) atoms. The highest BCUT2D eigenvalue weighted by molar-refractivity contribution is 9.09. The predicted molar refractivity (Wildman–Crippen MR) is 72.1 cm³/mol. The molecule has 0 saturated carbocycles.